The average molecular weight is 300 g/mol. The molecular formula is C17H36N2O2. The summed E-state index contributed by atoms with van der Waals surface area (Å²) >= 11 is 0. The van der Waals surface area contributed by atoms with Crippen molar-refractivity contribution in [1.29, 1.82) is 0 Å². The highest BCUT2D eigenvalue weighted by molar-refractivity contribution is 5.93. The number of hydrogen-bond donors (Lipinski definition) is 1. The van der Waals surface area contributed by atoms with Crippen LogP contribution in [0.4, 0.5) is 0 Å². The highest BCUT2D eigenvalue weighted by Crippen LogP contribution is 2.23. The molecule has 4 heteroatoms. The maximum atomic E-state index is 11.7. The summed E-state index contributed by atoms with van der Waals surface area (Å²) in [7, 11) is 1.60. The van der Waals surface area contributed by atoms with Gasteiger partial charge in [-0.05, 0) is 25.3 Å². The lowest BCUT2D eigenvalue weighted by molar-refractivity contribution is -0.134. The number of amides is 2. The molecule has 0 spiro atoms. The molecule has 0 aromatic heterocycles. The van der Waals surface area contributed by atoms with Crippen LogP contribution in [0.5, 0.6) is 0 Å². The summed E-state index contributed by atoms with van der Waals surface area (Å²) < 4.78 is 0. The third-order valence-corrected chi connectivity index (χ3v) is 2.65. The van der Waals surface area contributed by atoms with Gasteiger partial charge in [0.2, 0.25) is 11.8 Å². The van der Waals surface area contributed by atoms with Gasteiger partial charge in [0.25, 0.3) is 0 Å². The molecule has 1 heterocycles. The molecule has 2 unspecified atom stereocenters. The molecule has 4 nitrogen and oxygen atoms in total. The normalized spacial score (nSPS) is 19.4. The first-order chi connectivity index (χ1) is 10.1. The first-order valence-electron chi connectivity index (χ1n) is 8.25. The molecule has 0 aliphatic carbocycles. The predicted octanol–water partition coefficient (Wildman–Crippen LogP) is 3.62. The van der Waals surface area contributed by atoms with E-state index in [-0.39, 0.29) is 17.9 Å². The van der Waals surface area contributed by atoms with Gasteiger partial charge in [-0.25, -0.2) is 0 Å². The second-order valence-electron chi connectivity index (χ2n) is 3.96. The van der Waals surface area contributed by atoms with Crippen molar-refractivity contribution in [1.82, 2.24) is 10.2 Å². The molecule has 2 atom stereocenters. The van der Waals surface area contributed by atoms with Gasteiger partial charge < -0.3 is 10.2 Å². The number of nitrogens with one attached hydrogen (secondary N) is 1. The zero-order valence-corrected chi connectivity index (χ0v) is 15.5. The monoisotopic (exact) mass is 300 g/mol. The minimum atomic E-state index is -0.298. The smallest absolute Gasteiger partial charge is 0.246 e. The van der Waals surface area contributed by atoms with Crippen molar-refractivity contribution in [3.63, 3.8) is 0 Å². The molecule has 2 amide bonds. The minimum Gasteiger partial charge on any atom is -0.357 e. The third-order valence-electron chi connectivity index (χ3n) is 2.65. The van der Waals surface area contributed by atoms with Gasteiger partial charge in [-0.3, -0.25) is 9.59 Å². The highest BCUT2D eigenvalue weighted by atomic mass is 16.2. The largest absolute Gasteiger partial charge is 0.357 e. The number of likely N-dealkylation sites (N-methyl/N-ethyl adjacent to an activating group) is 1. The van der Waals surface area contributed by atoms with Crippen LogP contribution >= 0.6 is 0 Å². The fourth-order valence-corrected chi connectivity index (χ4v) is 1.94. The molecule has 1 fully saturated rings. The quantitative estimate of drug-likeness (QED) is 0.792. The number of carbonyl (C=O) groups is 2. The second-order valence-corrected chi connectivity index (χ2v) is 3.96. The molecule has 1 aliphatic rings. The van der Waals surface area contributed by atoms with Crippen LogP contribution in [0.15, 0.2) is 12.2 Å². The van der Waals surface area contributed by atoms with E-state index in [1.165, 1.54) is 6.08 Å². The number of likely N-dealkylation sites (tertiary alicyclic amines) is 1. The van der Waals surface area contributed by atoms with Gasteiger partial charge in [0.1, 0.15) is 6.04 Å². The Kier molecular flexibility index (Phi) is 19.7. The summed E-state index contributed by atoms with van der Waals surface area (Å²) in [6.45, 7) is 16.5. The predicted molar refractivity (Wildman–Crippen MR) is 92.2 cm³/mol. The van der Waals surface area contributed by atoms with Crippen molar-refractivity contribution in [2.75, 3.05) is 13.6 Å². The van der Waals surface area contributed by atoms with Crippen molar-refractivity contribution in [3.8, 4) is 0 Å². The standard InChI is InChI=1S/C11H18N2O2.3C2H6/c1-4-5-10(14)13-7-8(2)6-9(13)11(15)12-3;3*1-2/h4-5,8-9H,6-7H2,1-3H3,(H,12,15);3*1-2H3/b5-4+;;;. The summed E-state index contributed by atoms with van der Waals surface area (Å²) in [5.41, 5.74) is 0. The molecular weight excluding hydrogens is 264 g/mol. The van der Waals surface area contributed by atoms with Gasteiger partial charge in [-0.15, -0.1) is 0 Å². The Morgan fingerprint density at radius 3 is 1.95 bits per heavy atom. The molecule has 0 aromatic carbocycles. The Hall–Kier alpha value is -1.32. The van der Waals surface area contributed by atoms with Gasteiger partial charge in [0, 0.05) is 13.6 Å². The van der Waals surface area contributed by atoms with E-state index >= 15 is 0 Å². The van der Waals surface area contributed by atoms with Crippen molar-refractivity contribution in [2.24, 2.45) is 5.92 Å². The van der Waals surface area contributed by atoms with Gasteiger partial charge >= 0.3 is 0 Å². The van der Waals surface area contributed by atoms with E-state index < -0.39 is 0 Å². The number of allylic oxidation sites excluding steroid dienone is 1. The van der Waals surface area contributed by atoms with E-state index in [0.717, 1.165) is 6.42 Å². The van der Waals surface area contributed by atoms with Crippen LogP contribution < -0.4 is 5.32 Å². The Labute approximate surface area is 132 Å². The van der Waals surface area contributed by atoms with Crippen molar-refractivity contribution in [2.45, 2.75) is 67.9 Å². The van der Waals surface area contributed by atoms with E-state index in [1.54, 1.807) is 24.9 Å². The van der Waals surface area contributed by atoms with Crippen LogP contribution in [-0.2, 0) is 9.59 Å². The Morgan fingerprint density at radius 2 is 1.57 bits per heavy atom. The zero-order chi connectivity index (χ0) is 17.4. The second kappa shape index (κ2) is 16.7. The molecule has 1 N–H and O–H groups in total. The van der Waals surface area contributed by atoms with Gasteiger partial charge in [-0.1, -0.05) is 54.5 Å². The molecule has 0 saturated carbocycles. The highest BCUT2D eigenvalue weighted by Gasteiger charge is 2.36. The van der Waals surface area contributed by atoms with Crippen LogP contribution in [0.2, 0.25) is 0 Å². The first kappa shape index (κ1) is 24.7. The molecule has 21 heavy (non-hydrogen) atoms. The topological polar surface area (TPSA) is 49.4 Å². The van der Waals surface area contributed by atoms with Gasteiger partial charge in [0.05, 0.1) is 0 Å². The third kappa shape index (κ3) is 9.27. The Morgan fingerprint density at radius 1 is 1.10 bits per heavy atom. The van der Waals surface area contributed by atoms with Crippen LogP contribution in [0, 0.1) is 5.92 Å². The summed E-state index contributed by atoms with van der Waals surface area (Å²) in [6.07, 6.45) is 3.96. The number of rotatable bonds is 2. The van der Waals surface area contributed by atoms with Crippen LogP contribution in [-0.4, -0.2) is 36.3 Å². The molecule has 1 rings (SSSR count). The number of hydrogen-bond acceptors (Lipinski definition) is 2. The number of nitrogens with zero attached hydrogens (tertiary/aromatic N) is 1. The maximum Gasteiger partial charge on any atom is 0.246 e. The molecule has 0 radical (unpaired) electrons. The Bertz CT molecular complexity index is 289. The van der Waals surface area contributed by atoms with Gasteiger partial charge in [0.15, 0.2) is 0 Å². The van der Waals surface area contributed by atoms with Gasteiger partial charge in [-0.2, -0.15) is 0 Å². The summed E-state index contributed by atoms with van der Waals surface area (Å²) in [5, 5.41) is 2.60. The van der Waals surface area contributed by atoms with E-state index in [1.807, 2.05) is 41.5 Å². The fraction of sp³-hybridized carbons (Fsp3) is 0.765. The molecule has 1 saturated heterocycles. The first-order valence-corrected chi connectivity index (χ1v) is 8.25. The lowest BCUT2D eigenvalue weighted by Crippen LogP contribution is -2.44. The van der Waals surface area contributed by atoms with Crippen LogP contribution in [0.1, 0.15) is 61.8 Å². The molecule has 1 aliphatic heterocycles. The van der Waals surface area contributed by atoms with E-state index in [9.17, 15) is 9.59 Å². The minimum absolute atomic E-state index is 0.0720. The maximum absolute atomic E-state index is 11.7. The Balaban J connectivity index is -0.000000478. The van der Waals surface area contributed by atoms with Crippen molar-refractivity contribution < 1.29 is 9.59 Å². The average Bonchev–Trinajstić information content (AvgIpc) is 2.95. The zero-order valence-electron chi connectivity index (χ0n) is 15.5. The van der Waals surface area contributed by atoms with Crippen LogP contribution in [0.25, 0.3) is 0 Å². The number of carbonyl (C=O) groups excluding carboxylic acids is 2. The SMILES string of the molecule is C/C=C/C(=O)N1CC(C)CC1C(=O)NC.CC.CC.CC. The summed E-state index contributed by atoms with van der Waals surface area (Å²) in [6, 6.07) is -0.298. The molecule has 0 aromatic rings. The summed E-state index contributed by atoms with van der Waals surface area (Å²) in [5.74, 6) is 0.245. The van der Waals surface area contributed by atoms with E-state index in [4.69, 9.17) is 0 Å². The van der Waals surface area contributed by atoms with Crippen LogP contribution in [0.3, 0.4) is 0 Å². The molecule has 126 valence electrons. The lowest BCUT2D eigenvalue weighted by atomic mass is 10.1. The van der Waals surface area contributed by atoms with Crippen molar-refractivity contribution >= 4 is 11.8 Å². The summed E-state index contributed by atoms with van der Waals surface area (Å²) in [4.78, 5) is 24.9. The van der Waals surface area contributed by atoms with E-state index in [0.29, 0.717) is 12.5 Å². The van der Waals surface area contributed by atoms with E-state index in [2.05, 4.69) is 12.2 Å². The fourth-order valence-electron chi connectivity index (χ4n) is 1.94. The van der Waals surface area contributed by atoms with Crippen molar-refractivity contribution in [3.05, 3.63) is 12.2 Å². The molecule has 0 bridgehead atoms. The lowest BCUT2D eigenvalue weighted by Gasteiger charge is -2.21.